The molecular formula is C14H16N2O4S. The van der Waals surface area contributed by atoms with Gasteiger partial charge in [-0.05, 0) is 24.6 Å². The predicted molar refractivity (Wildman–Crippen MR) is 77.8 cm³/mol. The Balaban J connectivity index is 1.74. The van der Waals surface area contributed by atoms with Crippen LogP contribution in [0.2, 0.25) is 0 Å². The van der Waals surface area contributed by atoms with E-state index in [0.29, 0.717) is 13.0 Å². The second kappa shape index (κ2) is 7.12. The lowest BCUT2D eigenvalue weighted by Crippen LogP contribution is -2.41. The number of thioether (sulfide) groups is 1. The van der Waals surface area contributed by atoms with Gasteiger partial charge in [0.05, 0.1) is 12.3 Å². The fraction of sp³-hybridized carbons (Fsp3) is 0.357. The number of carbonyl (C=O) groups is 3. The molecule has 0 bridgehead atoms. The van der Waals surface area contributed by atoms with Gasteiger partial charge in [-0.25, -0.2) is 0 Å². The van der Waals surface area contributed by atoms with Crippen LogP contribution < -0.4 is 5.32 Å². The van der Waals surface area contributed by atoms with Crippen LogP contribution in [0.5, 0.6) is 5.75 Å². The minimum atomic E-state index is -0.466. The standard InChI is InChI=1S/C14H16N2O4S/c17-10-3-1-4-11(7-10)21-9-13(19)15-12(18)8-16-6-2-5-14(16)20/h1,3-4,7,17H,2,5-6,8-9H2,(H,15,18,19). The lowest BCUT2D eigenvalue weighted by molar-refractivity contribution is -0.135. The van der Waals surface area contributed by atoms with Gasteiger partial charge in [0.25, 0.3) is 0 Å². The van der Waals surface area contributed by atoms with Gasteiger partial charge >= 0.3 is 0 Å². The van der Waals surface area contributed by atoms with Crippen LogP contribution in [0.4, 0.5) is 0 Å². The second-order valence-electron chi connectivity index (χ2n) is 4.68. The monoisotopic (exact) mass is 308 g/mol. The summed E-state index contributed by atoms with van der Waals surface area (Å²) in [5.41, 5.74) is 0. The third-order valence-corrected chi connectivity index (χ3v) is 3.97. The fourth-order valence-corrected chi connectivity index (χ4v) is 2.75. The average molecular weight is 308 g/mol. The summed E-state index contributed by atoms with van der Waals surface area (Å²) in [6, 6.07) is 6.53. The highest BCUT2D eigenvalue weighted by Gasteiger charge is 2.22. The quantitative estimate of drug-likeness (QED) is 0.784. The molecule has 0 saturated carbocycles. The maximum absolute atomic E-state index is 11.6. The Morgan fingerprint density at radius 1 is 1.33 bits per heavy atom. The summed E-state index contributed by atoms with van der Waals surface area (Å²) in [7, 11) is 0. The number of imide groups is 1. The first-order chi connectivity index (χ1) is 10.0. The van der Waals surface area contributed by atoms with E-state index in [4.69, 9.17) is 0 Å². The topological polar surface area (TPSA) is 86.7 Å². The Morgan fingerprint density at radius 2 is 2.14 bits per heavy atom. The van der Waals surface area contributed by atoms with Crippen molar-refractivity contribution in [2.24, 2.45) is 0 Å². The number of rotatable bonds is 5. The molecule has 6 nitrogen and oxygen atoms in total. The van der Waals surface area contributed by atoms with Gasteiger partial charge in [0.1, 0.15) is 5.75 Å². The van der Waals surface area contributed by atoms with Crippen molar-refractivity contribution in [3.8, 4) is 5.75 Å². The van der Waals surface area contributed by atoms with Gasteiger partial charge in [0, 0.05) is 17.9 Å². The van der Waals surface area contributed by atoms with Crippen LogP contribution in [0.1, 0.15) is 12.8 Å². The van der Waals surface area contributed by atoms with Gasteiger partial charge in [0.2, 0.25) is 17.7 Å². The van der Waals surface area contributed by atoms with Crippen LogP contribution in [0.3, 0.4) is 0 Å². The van der Waals surface area contributed by atoms with Crippen molar-refractivity contribution in [1.82, 2.24) is 10.2 Å². The summed E-state index contributed by atoms with van der Waals surface area (Å²) in [5.74, 6) is -0.731. The highest BCUT2D eigenvalue weighted by molar-refractivity contribution is 8.00. The van der Waals surface area contributed by atoms with Crippen LogP contribution in [-0.4, -0.2) is 46.6 Å². The molecule has 0 aliphatic carbocycles. The molecule has 0 aromatic heterocycles. The number of likely N-dealkylation sites (tertiary alicyclic amines) is 1. The second-order valence-corrected chi connectivity index (χ2v) is 5.72. The zero-order valence-corrected chi connectivity index (χ0v) is 12.2. The van der Waals surface area contributed by atoms with E-state index in [2.05, 4.69) is 5.32 Å². The molecule has 7 heteroatoms. The van der Waals surface area contributed by atoms with Gasteiger partial charge in [-0.15, -0.1) is 11.8 Å². The highest BCUT2D eigenvalue weighted by Crippen LogP contribution is 2.21. The van der Waals surface area contributed by atoms with Crippen molar-refractivity contribution in [3.63, 3.8) is 0 Å². The fourth-order valence-electron chi connectivity index (χ4n) is 2.00. The summed E-state index contributed by atoms with van der Waals surface area (Å²) in [4.78, 5) is 36.9. The van der Waals surface area contributed by atoms with E-state index in [1.165, 1.54) is 16.7 Å². The number of hydrogen-bond acceptors (Lipinski definition) is 5. The van der Waals surface area contributed by atoms with Crippen LogP contribution in [0.25, 0.3) is 0 Å². The number of nitrogens with zero attached hydrogens (tertiary/aromatic N) is 1. The third-order valence-electron chi connectivity index (χ3n) is 2.97. The maximum Gasteiger partial charge on any atom is 0.246 e. The minimum absolute atomic E-state index is 0.0493. The first kappa shape index (κ1) is 15.4. The number of phenolic OH excluding ortho intramolecular Hbond substituents is 1. The number of amides is 3. The number of aromatic hydroxyl groups is 1. The maximum atomic E-state index is 11.6. The molecule has 1 heterocycles. The van der Waals surface area contributed by atoms with E-state index < -0.39 is 11.8 Å². The predicted octanol–water partition coefficient (Wildman–Crippen LogP) is 0.749. The lowest BCUT2D eigenvalue weighted by Gasteiger charge is -2.14. The summed E-state index contributed by atoms with van der Waals surface area (Å²) in [5, 5.41) is 11.6. The number of carbonyl (C=O) groups excluding carboxylic acids is 3. The zero-order chi connectivity index (χ0) is 15.2. The number of nitrogens with one attached hydrogen (secondary N) is 1. The molecular weight excluding hydrogens is 292 g/mol. The van der Waals surface area contributed by atoms with Crippen molar-refractivity contribution in [1.29, 1.82) is 0 Å². The molecule has 1 aromatic carbocycles. The Morgan fingerprint density at radius 3 is 2.81 bits per heavy atom. The molecule has 112 valence electrons. The SMILES string of the molecule is O=C(CSc1cccc(O)c1)NC(=O)CN1CCCC1=O. The molecule has 0 unspecified atom stereocenters. The highest BCUT2D eigenvalue weighted by atomic mass is 32.2. The third kappa shape index (κ3) is 4.78. The van der Waals surface area contributed by atoms with Crippen LogP contribution in [0, 0.1) is 0 Å². The van der Waals surface area contributed by atoms with Gasteiger partial charge in [0.15, 0.2) is 0 Å². The smallest absolute Gasteiger partial charge is 0.246 e. The largest absolute Gasteiger partial charge is 0.508 e. The van der Waals surface area contributed by atoms with Gasteiger partial charge < -0.3 is 10.0 Å². The molecule has 2 rings (SSSR count). The molecule has 0 atom stereocenters. The summed E-state index contributed by atoms with van der Waals surface area (Å²) in [6.45, 7) is 0.500. The first-order valence-electron chi connectivity index (χ1n) is 6.57. The van der Waals surface area contributed by atoms with E-state index in [9.17, 15) is 19.5 Å². The molecule has 1 aliphatic rings. The Bertz CT molecular complexity index is 562. The van der Waals surface area contributed by atoms with Crippen molar-refractivity contribution < 1.29 is 19.5 Å². The van der Waals surface area contributed by atoms with Gasteiger partial charge in [-0.2, -0.15) is 0 Å². The number of benzene rings is 1. The van der Waals surface area contributed by atoms with Crippen molar-refractivity contribution in [2.45, 2.75) is 17.7 Å². The lowest BCUT2D eigenvalue weighted by atomic mass is 10.3. The molecule has 1 saturated heterocycles. The van der Waals surface area contributed by atoms with E-state index in [1.807, 2.05) is 0 Å². The molecule has 1 fully saturated rings. The Hall–Kier alpha value is -2.02. The molecule has 0 spiro atoms. The van der Waals surface area contributed by atoms with E-state index in [1.54, 1.807) is 24.3 Å². The molecule has 1 aromatic rings. The van der Waals surface area contributed by atoms with Crippen LogP contribution in [-0.2, 0) is 14.4 Å². The molecule has 21 heavy (non-hydrogen) atoms. The average Bonchev–Trinajstić information content (AvgIpc) is 2.82. The van der Waals surface area contributed by atoms with E-state index in [-0.39, 0.29) is 24.0 Å². The van der Waals surface area contributed by atoms with Crippen molar-refractivity contribution in [2.75, 3.05) is 18.8 Å². The summed E-state index contributed by atoms with van der Waals surface area (Å²) >= 11 is 1.22. The first-order valence-corrected chi connectivity index (χ1v) is 7.55. The molecule has 3 amide bonds. The van der Waals surface area contributed by atoms with Gasteiger partial charge in [-0.3, -0.25) is 19.7 Å². The minimum Gasteiger partial charge on any atom is -0.508 e. The molecule has 1 aliphatic heterocycles. The summed E-state index contributed by atoms with van der Waals surface area (Å²) in [6.07, 6.45) is 1.22. The Kier molecular flexibility index (Phi) is 5.21. The number of hydrogen-bond donors (Lipinski definition) is 2. The van der Waals surface area contributed by atoms with Crippen molar-refractivity contribution >= 4 is 29.5 Å². The van der Waals surface area contributed by atoms with E-state index >= 15 is 0 Å². The van der Waals surface area contributed by atoms with Gasteiger partial charge in [-0.1, -0.05) is 6.07 Å². The van der Waals surface area contributed by atoms with Crippen LogP contribution >= 0.6 is 11.8 Å². The van der Waals surface area contributed by atoms with Crippen molar-refractivity contribution in [3.05, 3.63) is 24.3 Å². The zero-order valence-electron chi connectivity index (χ0n) is 11.4. The van der Waals surface area contributed by atoms with E-state index in [0.717, 1.165) is 11.3 Å². The number of phenols is 1. The summed E-state index contributed by atoms with van der Waals surface area (Å²) < 4.78 is 0. The molecule has 2 N–H and O–H groups in total. The van der Waals surface area contributed by atoms with Crippen LogP contribution in [0.15, 0.2) is 29.2 Å². The normalized spacial score (nSPS) is 14.3. The molecule has 0 radical (unpaired) electrons. The Labute approximate surface area is 126 Å².